The van der Waals surface area contributed by atoms with Gasteiger partial charge in [-0.25, -0.2) is 4.79 Å². The van der Waals surface area contributed by atoms with E-state index in [2.05, 4.69) is 45.6 Å². The van der Waals surface area contributed by atoms with Crippen molar-refractivity contribution in [1.29, 1.82) is 0 Å². The van der Waals surface area contributed by atoms with Gasteiger partial charge in [0.15, 0.2) is 12.1 Å². The van der Waals surface area contributed by atoms with Crippen LogP contribution < -0.4 is 15.4 Å². The molecule has 158 valence electrons. The number of hydrogen-bond donors (Lipinski definition) is 2. The highest BCUT2D eigenvalue weighted by Crippen LogP contribution is 2.33. The molecule has 6 nitrogen and oxygen atoms in total. The van der Waals surface area contributed by atoms with Gasteiger partial charge in [-0.2, -0.15) is 0 Å². The first-order valence-corrected chi connectivity index (χ1v) is 11.3. The molecule has 1 fully saturated rings. The van der Waals surface area contributed by atoms with Crippen molar-refractivity contribution in [2.24, 2.45) is 0 Å². The molecule has 0 aliphatic carbocycles. The van der Waals surface area contributed by atoms with Crippen LogP contribution in [0.2, 0.25) is 0 Å². The summed E-state index contributed by atoms with van der Waals surface area (Å²) in [7, 11) is 0. The van der Waals surface area contributed by atoms with Gasteiger partial charge in [-0.1, -0.05) is 46.7 Å². The highest BCUT2D eigenvalue weighted by molar-refractivity contribution is 9.10. The Hall–Kier alpha value is -2.45. The van der Waals surface area contributed by atoms with E-state index in [0.29, 0.717) is 22.8 Å². The molecule has 2 N–H and O–H groups in total. The number of halogens is 1. The zero-order chi connectivity index (χ0) is 21.5. The lowest BCUT2D eigenvalue weighted by Gasteiger charge is -2.13. The Bertz CT molecular complexity index is 947. The average molecular weight is 491 g/mol. The van der Waals surface area contributed by atoms with Crippen molar-refractivity contribution >= 4 is 51.3 Å². The van der Waals surface area contributed by atoms with Crippen LogP contribution in [0.25, 0.3) is 6.08 Å². The van der Waals surface area contributed by atoms with Crippen LogP contribution >= 0.6 is 27.7 Å². The second-order valence-electron chi connectivity index (χ2n) is 6.45. The van der Waals surface area contributed by atoms with E-state index in [1.165, 1.54) is 17.3 Å². The number of carbonyl (C=O) groups is 2. The summed E-state index contributed by atoms with van der Waals surface area (Å²) in [4.78, 5) is 24.6. The van der Waals surface area contributed by atoms with Gasteiger partial charge in [-0.15, -0.1) is 0 Å². The van der Waals surface area contributed by atoms with Crippen LogP contribution in [0.3, 0.4) is 0 Å². The van der Waals surface area contributed by atoms with E-state index >= 15 is 0 Å². The molecule has 0 spiro atoms. The van der Waals surface area contributed by atoms with Gasteiger partial charge in [0.05, 0.1) is 11.5 Å². The first kappa shape index (κ1) is 22.2. The van der Waals surface area contributed by atoms with E-state index in [0.717, 1.165) is 16.6 Å². The van der Waals surface area contributed by atoms with Gasteiger partial charge in [0.25, 0.3) is 5.91 Å². The lowest BCUT2D eigenvalue weighted by Crippen LogP contribution is -2.30. The van der Waals surface area contributed by atoms with Crippen molar-refractivity contribution in [1.82, 2.24) is 5.32 Å². The fraction of sp³-hybridized carbons (Fsp3) is 0.273. The van der Waals surface area contributed by atoms with Gasteiger partial charge in [0.2, 0.25) is 0 Å². The third-order valence-electron chi connectivity index (χ3n) is 4.30. The third kappa shape index (κ3) is 6.03. The molecule has 1 atom stereocenters. The number of nitrogens with one attached hydrogen (secondary N) is 2. The Labute approximate surface area is 188 Å². The number of aryl methyl sites for hydroxylation is 1. The zero-order valence-corrected chi connectivity index (χ0v) is 19.1. The molecular formula is C22H23BrN2O4S. The first-order valence-electron chi connectivity index (χ1n) is 9.61. The van der Waals surface area contributed by atoms with E-state index < -0.39 is 5.97 Å². The molecule has 0 radical (unpaired) electrons. The summed E-state index contributed by atoms with van der Waals surface area (Å²) in [6.45, 7) is 3.96. The van der Waals surface area contributed by atoms with Crippen LogP contribution in [0.4, 0.5) is 5.69 Å². The molecule has 2 aromatic carbocycles. The van der Waals surface area contributed by atoms with Crippen LogP contribution in [0.5, 0.6) is 5.75 Å². The fourth-order valence-electron chi connectivity index (χ4n) is 2.80. The maximum Gasteiger partial charge on any atom is 0.344 e. The number of thioether (sulfide) groups is 1. The van der Waals surface area contributed by atoms with E-state index in [9.17, 15) is 9.59 Å². The number of benzene rings is 2. The fourth-order valence-corrected chi connectivity index (χ4v) is 4.15. The molecule has 2 aromatic rings. The lowest BCUT2D eigenvalue weighted by molar-refractivity contribution is -0.145. The molecule has 0 saturated carbocycles. The molecule has 3 rings (SSSR count). The number of rotatable bonds is 8. The molecule has 0 aromatic heterocycles. The smallest absolute Gasteiger partial charge is 0.344 e. The summed E-state index contributed by atoms with van der Waals surface area (Å²) in [5, 5.41) is 6.23. The Balaban J connectivity index is 1.71. The second kappa shape index (κ2) is 10.5. The number of esters is 1. The van der Waals surface area contributed by atoms with E-state index in [1.807, 2.05) is 24.3 Å². The third-order valence-corrected chi connectivity index (χ3v) is 5.82. The van der Waals surface area contributed by atoms with Crippen LogP contribution in [0, 0.1) is 0 Å². The van der Waals surface area contributed by atoms with Crippen molar-refractivity contribution in [3.05, 3.63) is 63.0 Å². The Morgan fingerprint density at radius 3 is 2.70 bits per heavy atom. The minimum Gasteiger partial charge on any atom is -0.481 e. The van der Waals surface area contributed by atoms with Gasteiger partial charge in [0, 0.05) is 15.7 Å². The molecule has 1 aliphatic heterocycles. The molecule has 1 heterocycles. The number of ether oxygens (including phenoxy) is 2. The number of hydrogen-bond acceptors (Lipinski definition) is 6. The van der Waals surface area contributed by atoms with E-state index in [4.69, 9.17) is 9.47 Å². The van der Waals surface area contributed by atoms with Crippen molar-refractivity contribution in [2.45, 2.75) is 25.8 Å². The largest absolute Gasteiger partial charge is 0.481 e. The predicted octanol–water partition coefficient (Wildman–Crippen LogP) is 4.55. The summed E-state index contributed by atoms with van der Waals surface area (Å²) in [5.74, 6) is -0.108. The lowest BCUT2D eigenvalue weighted by atomic mass is 10.1. The maximum absolute atomic E-state index is 12.5. The molecule has 30 heavy (non-hydrogen) atoms. The van der Waals surface area contributed by atoms with Gasteiger partial charge in [-0.05, 0) is 55.3 Å². The van der Waals surface area contributed by atoms with Crippen LogP contribution in [-0.2, 0) is 20.7 Å². The SMILES string of the molecule is CCOC(=O)COc1ccc(Br)cc1/C=C1\S[C@H](Nc2ccc(CC)cc2)NC1=O. The molecule has 1 saturated heterocycles. The summed E-state index contributed by atoms with van der Waals surface area (Å²) in [6.07, 6.45) is 2.74. The predicted molar refractivity (Wildman–Crippen MR) is 123 cm³/mol. The first-order chi connectivity index (χ1) is 14.5. The monoisotopic (exact) mass is 490 g/mol. The summed E-state index contributed by atoms with van der Waals surface area (Å²) in [5.41, 5.74) is 2.62. The van der Waals surface area contributed by atoms with E-state index in [1.54, 1.807) is 19.1 Å². The molecule has 8 heteroatoms. The van der Waals surface area contributed by atoms with Gasteiger partial charge >= 0.3 is 5.97 Å². The highest BCUT2D eigenvalue weighted by Gasteiger charge is 2.27. The van der Waals surface area contributed by atoms with Gasteiger partial charge < -0.3 is 20.1 Å². The van der Waals surface area contributed by atoms with E-state index in [-0.39, 0.29) is 18.0 Å². The molecule has 0 bridgehead atoms. The van der Waals surface area contributed by atoms with Crippen LogP contribution in [-0.4, -0.2) is 30.6 Å². The molecule has 1 aliphatic rings. The minimum atomic E-state index is -0.439. The summed E-state index contributed by atoms with van der Waals surface area (Å²) >= 11 is 4.83. The molecule has 1 amide bonds. The standard InChI is InChI=1S/C22H23BrN2O4S/c1-3-14-5-8-17(9-6-14)24-22-25-21(27)19(30-22)12-15-11-16(23)7-10-18(15)29-13-20(26)28-4-2/h5-12,22,24H,3-4,13H2,1-2H3,(H,25,27)/b19-12-/t22-/m1/s1. The molecular weight excluding hydrogens is 468 g/mol. The number of amides is 1. The Morgan fingerprint density at radius 2 is 2.00 bits per heavy atom. The van der Waals surface area contributed by atoms with Crippen molar-refractivity contribution in [3.63, 3.8) is 0 Å². The quantitative estimate of drug-likeness (QED) is 0.417. The maximum atomic E-state index is 12.5. The highest BCUT2D eigenvalue weighted by atomic mass is 79.9. The second-order valence-corrected chi connectivity index (χ2v) is 8.51. The Morgan fingerprint density at radius 1 is 1.23 bits per heavy atom. The average Bonchev–Trinajstić information content (AvgIpc) is 3.07. The minimum absolute atomic E-state index is 0.168. The number of anilines is 1. The Kier molecular flexibility index (Phi) is 7.81. The van der Waals surface area contributed by atoms with Crippen molar-refractivity contribution < 1.29 is 19.1 Å². The van der Waals surface area contributed by atoms with Crippen molar-refractivity contribution in [3.8, 4) is 5.75 Å². The van der Waals surface area contributed by atoms with Crippen LogP contribution in [0.1, 0.15) is 25.0 Å². The van der Waals surface area contributed by atoms with Gasteiger partial charge in [-0.3, -0.25) is 4.79 Å². The molecule has 0 unspecified atom stereocenters. The number of carbonyl (C=O) groups excluding carboxylic acids is 2. The summed E-state index contributed by atoms with van der Waals surface area (Å²) < 4.78 is 11.3. The normalized spacial score (nSPS) is 17.0. The topological polar surface area (TPSA) is 76.7 Å². The summed E-state index contributed by atoms with van der Waals surface area (Å²) in [6, 6.07) is 13.5. The van der Waals surface area contributed by atoms with Crippen molar-refractivity contribution in [2.75, 3.05) is 18.5 Å². The van der Waals surface area contributed by atoms with Crippen LogP contribution in [0.15, 0.2) is 51.8 Å². The zero-order valence-electron chi connectivity index (χ0n) is 16.7. The van der Waals surface area contributed by atoms with Gasteiger partial charge in [0.1, 0.15) is 5.75 Å².